The van der Waals surface area contributed by atoms with Gasteiger partial charge in [-0.3, -0.25) is 0 Å². The third-order valence-electron chi connectivity index (χ3n) is 3.92. The molecule has 0 amide bonds. The molecule has 4 heteroatoms. The van der Waals surface area contributed by atoms with Crippen molar-refractivity contribution in [1.82, 2.24) is 0 Å². The Bertz CT molecular complexity index is 551. The first kappa shape index (κ1) is 22.2. The number of rotatable bonds is 9. The van der Waals surface area contributed by atoms with Crippen molar-refractivity contribution >= 4 is 0 Å². The van der Waals surface area contributed by atoms with Gasteiger partial charge in [-0.25, -0.2) is 17.6 Å². The number of allylic oxidation sites excluding steroid dienone is 8. The molecule has 0 heterocycles. The molecule has 0 rings (SSSR count). The van der Waals surface area contributed by atoms with Crippen LogP contribution in [0.4, 0.5) is 17.6 Å². The molecule has 0 radical (unpaired) electrons. The Morgan fingerprint density at radius 1 is 0.625 bits per heavy atom. The molecule has 2 atom stereocenters. The lowest BCUT2D eigenvalue weighted by atomic mass is 9.88. The van der Waals surface area contributed by atoms with Crippen LogP contribution in [-0.4, -0.2) is 0 Å². The van der Waals surface area contributed by atoms with Crippen LogP contribution in [0.1, 0.15) is 40.5 Å². The first-order valence-corrected chi connectivity index (χ1v) is 7.72. The Labute approximate surface area is 142 Å². The first-order chi connectivity index (χ1) is 10.9. The Hall–Kier alpha value is -1.84. The quantitative estimate of drug-likeness (QED) is 0.299. The van der Waals surface area contributed by atoms with Gasteiger partial charge in [-0.2, -0.15) is 0 Å². The molecule has 0 aromatic carbocycles. The molecule has 2 unspecified atom stereocenters. The van der Waals surface area contributed by atoms with Crippen molar-refractivity contribution in [2.75, 3.05) is 0 Å². The summed E-state index contributed by atoms with van der Waals surface area (Å²) < 4.78 is 54.9. The van der Waals surface area contributed by atoms with Gasteiger partial charge in [-0.15, -0.1) is 0 Å². The summed E-state index contributed by atoms with van der Waals surface area (Å²) in [6, 6.07) is 0. The molecule has 0 aromatic rings. The summed E-state index contributed by atoms with van der Waals surface area (Å²) >= 11 is 0. The zero-order valence-electron chi connectivity index (χ0n) is 14.9. The average Bonchev–Trinajstić information content (AvgIpc) is 2.54. The molecule has 0 aliphatic heterocycles. The summed E-state index contributed by atoms with van der Waals surface area (Å²) in [5.41, 5.74) is 0.0324. The van der Waals surface area contributed by atoms with Gasteiger partial charge in [-0.05, 0) is 60.8 Å². The highest BCUT2D eigenvalue weighted by Gasteiger charge is 2.20. The molecule has 0 N–H and O–H groups in total. The molecule has 0 saturated heterocycles. The first-order valence-electron chi connectivity index (χ1n) is 7.72. The fourth-order valence-electron chi connectivity index (χ4n) is 1.94. The topological polar surface area (TPSA) is 0 Å². The van der Waals surface area contributed by atoms with E-state index in [1.165, 1.54) is 13.8 Å². The normalized spacial score (nSPS) is 15.8. The molecular formula is C20H26F4. The summed E-state index contributed by atoms with van der Waals surface area (Å²) in [5.74, 6) is -4.77. The fourth-order valence-corrected chi connectivity index (χ4v) is 1.94. The third kappa shape index (κ3) is 5.99. The second kappa shape index (κ2) is 9.45. The van der Waals surface area contributed by atoms with Crippen LogP contribution in [0.15, 0.2) is 71.9 Å². The molecule has 0 fully saturated rings. The van der Waals surface area contributed by atoms with Crippen LogP contribution in [0.3, 0.4) is 0 Å². The van der Waals surface area contributed by atoms with Crippen LogP contribution in [-0.2, 0) is 0 Å². The van der Waals surface area contributed by atoms with E-state index in [0.29, 0.717) is 12.8 Å². The lowest BCUT2D eigenvalue weighted by molar-refractivity contribution is 0.463. The maximum Gasteiger partial charge on any atom is 0.161 e. The molecule has 0 bridgehead atoms. The highest BCUT2D eigenvalue weighted by molar-refractivity contribution is 5.36. The standard InChI is InChI=1S/C20H26F4/c1-11(2)17(21)19(23)15(7)13(5)9-10-14(6)16(8)20(24)18(22)12(3)4/h13-14H,1,3,7-10H2,2,4-6H3/b19-17-,20-18-. The van der Waals surface area contributed by atoms with Crippen molar-refractivity contribution in [2.45, 2.75) is 40.5 Å². The molecule has 134 valence electrons. The predicted molar refractivity (Wildman–Crippen MR) is 94.0 cm³/mol. The predicted octanol–water partition coefficient (Wildman–Crippen LogP) is 7.60. The Morgan fingerprint density at radius 2 is 0.875 bits per heavy atom. The van der Waals surface area contributed by atoms with Crippen LogP contribution in [0.2, 0.25) is 0 Å². The maximum absolute atomic E-state index is 13.9. The Balaban J connectivity index is 4.92. The zero-order valence-corrected chi connectivity index (χ0v) is 14.9. The van der Waals surface area contributed by atoms with E-state index < -0.39 is 23.3 Å². The van der Waals surface area contributed by atoms with Crippen LogP contribution in [0.5, 0.6) is 0 Å². The van der Waals surface area contributed by atoms with Crippen molar-refractivity contribution in [3.05, 3.63) is 71.9 Å². The van der Waals surface area contributed by atoms with Crippen LogP contribution in [0.25, 0.3) is 0 Å². The van der Waals surface area contributed by atoms with Crippen molar-refractivity contribution in [3.8, 4) is 0 Å². The SMILES string of the molecule is C=C(C)/C(F)=C(/F)C(=C)C(C)CCC(C)C(=C)/C(F)=C(/F)C(=C)C. The minimum Gasteiger partial charge on any atom is -0.203 e. The summed E-state index contributed by atoms with van der Waals surface area (Å²) in [7, 11) is 0. The number of halogens is 4. The van der Waals surface area contributed by atoms with Gasteiger partial charge in [0, 0.05) is 0 Å². The van der Waals surface area contributed by atoms with E-state index in [4.69, 9.17) is 0 Å². The second-order valence-corrected chi connectivity index (χ2v) is 6.25. The van der Waals surface area contributed by atoms with Gasteiger partial charge in [0.15, 0.2) is 23.3 Å². The smallest absolute Gasteiger partial charge is 0.161 e. The number of hydrogen-bond acceptors (Lipinski definition) is 0. The van der Waals surface area contributed by atoms with E-state index in [0.717, 1.165) is 0 Å². The van der Waals surface area contributed by atoms with Gasteiger partial charge >= 0.3 is 0 Å². The monoisotopic (exact) mass is 342 g/mol. The van der Waals surface area contributed by atoms with Gasteiger partial charge in [0.1, 0.15) is 0 Å². The second-order valence-electron chi connectivity index (χ2n) is 6.25. The van der Waals surface area contributed by atoms with Gasteiger partial charge < -0.3 is 0 Å². The molecule has 0 spiro atoms. The summed E-state index contributed by atoms with van der Waals surface area (Å²) in [4.78, 5) is 0. The lowest BCUT2D eigenvalue weighted by Crippen LogP contribution is -2.06. The molecule has 24 heavy (non-hydrogen) atoms. The average molecular weight is 342 g/mol. The molecular weight excluding hydrogens is 316 g/mol. The third-order valence-corrected chi connectivity index (χ3v) is 3.92. The molecule has 0 aromatic heterocycles. The van der Waals surface area contributed by atoms with Gasteiger partial charge in [0.05, 0.1) is 0 Å². The van der Waals surface area contributed by atoms with Crippen molar-refractivity contribution in [1.29, 1.82) is 0 Å². The molecule has 0 aliphatic rings. The summed E-state index contributed by atoms with van der Waals surface area (Å²) in [5, 5.41) is 0. The molecule has 0 nitrogen and oxygen atoms in total. The number of hydrogen-bond donors (Lipinski definition) is 0. The van der Waals surface area contributed by atoms with Crippen molar-refractivity contribution in [3.63, 3.8) is 0 Å². The highest BCUT2D eigenvalue weighted by Crippen LogP contribution is 2.33. The molecule has 0 saturated carbocycles. The van der Waals surface area contributed by atoms with Crippen LogP contribution in [0, 0.1) is 11.8 Å². The van der Waals surface area contributed by atoms with E-state index in [9.17, 15) is 17.6 Å². The van der Waals surface area contributed by atoms with Gasteiger partial charge in [0.2, 0.25) is 0 Å². The molecule has 0 aliphatic carbocycles. The van der Waals surface area contributed by atoms with Crippen LogP contribution < -0.4 is 0 Å². The largest absolute Gasteiger partial charge is 0.203 e. The Morgan fingerprint density at radius 3 is 1.08 bits per heavy atom. The summed E-state index contributed by atoms with van der Waals surface area (Å²) in [6.07, 6.45) is 0.857. The zero-order chi connectivity index (χ0) is 19.2. The van der Waals surface area contributed by atoms with Gasteiger partial charge in [-0.1, -0.05) is 40.2 Å². The van der Waals surface area contributed by atoms with E-state index >= 15 is 0 Å². The summed E-state index contributed by atoms with van der Waals surface area (Å²) in [6.45, 7) is 20.0. The van der Waals surface area contributed by atoms with E-state index in [1.807, 2.05) is 0 Å². The van der Waals surface area contributed by atoms with E-state index in [2.05, 4.69) is 26.3 Å². The fraction of sp³-hybridized carbons (Fsp3) is 0.400. The minimum absolute atomic E-state index is 0.00919. The van der Waals surface area contributed by atoms with Gasteiger partial charge in [0.25, 0.3) is 0 Å². The van der Waals surface area contributed by atoms with Crippen molar-refractivity contribution < 1.29 is 17.6 Å². The van der Waals surface area contributed by atoms with E-state index in [1.54, 1.807) is 13.8 Å². The van der Waals surface area contributed by atoms with Crippen LogP contribution >= 0.6 is 0 Å². The lowest BCUT2D eigenvalue weighted by Gasteiger charge is -2.18. The van der Waals surface area contributed by atoms with E-state index in [-0.39, 0.29) is 34.1 Å². The minimum atomic E-state index is -1.01. The van der Waals surface area contributed by atoms with Crippen molar-refractivity contribution in [2.24, 2.45) is 11.8 Å². The Kier molecular flexibility index (Phi) is 8.73. The maximum atomic E-state index is 13.9. The highest BCUT2D eigenvalue weighted by atomic mass is 19.2.